The van der Waals surface area contributed by atoms with Gasteiger partial charge in [0.15, 0.2) is 0 Å². The Hall–Kier alpha value is -1.50. The van der Waals surface area contributed by atoms with Crippen LogP contribution in [0.4, 0.5) is 0 Å². The lowest BCUT2D eigenvalue weighted by molar-refractivity contribution is -0.117. The van der Waals surface area contributed by atoms with Crippen molar-refractivity contribution in [3.63, 3.8) is 0 Å². The molecule has 2 N–H and O–H groups in total. The highest BCUT2D eigenvalue weighted by atomic mass is 16.1. The van der Waals surface area contributed by atoms with Gasteiger partial charge in [-0.3, -0.25) is 4.79 Å². The van der Waals surface area contributed by atoms with Gasteiger partial charge in [0.25, 0.3) is 5.91 Å². The van der Waals surface area contributed by atoms with Gasteiger partial charge in [0, 0.05) is 18.8 Å². The van der Waals surface area contributed by atoms with Crippen molar-refractivity contribution in [2.75, 3.05) is 6.54 Å². The molecule has 1 saturated carbocycles. The second-order valence-electron chi connectivity index (χ2n) is 3.68. The van der Waals surface area contributed by atoms with E-state index in [2.05, 4.69) is 10.6 Å². The number of rotatable bonds is 4. The van der Waals surface area contributed by atoms with Crippen LogP contribution in [0, 0.1) is 11.3 Å². The predicted molar refractivity (Wildman–Crippen MR) is 57.8 cm³/mol. The third kappa shape index (κ3) is 3.62. The summed E-state index contributed by atoms with van der Waals surface area (Å²) in [5.74, 6) is -0.259. The third-order valence-corrected chi connectivity index (χ3v) is 2.51. The summed E-state index contributed by atoms with van der Waals surface area (Å²) in [5.41, 5.74) is 0.156. The molecule has 0 unspecified atom stereocenters. The Bertz CT molecular complexity index is 285. The molecule has 0 aromatic heterocycles. The van der Waals surface area contributed by atoms with Gasteiger partial charge in [-0.2, -0.15) is 5.26 Å². The Morgan fingerprint density at radius 3 is 2.73 bits per heavy atom. The summed E-state index contributed by atoms with van der Waals surface area (Å²) in [6.45, 7) is 2.63. The molecular formula is C11H17N3O. The number of hydrogen-bond donors (Lipinski definition) is 2. The molecule has 0 radical (unpaired) electrons. The molecule has 0 aromatic rings. The van der Waals surface area contributed by atoms with Gasteiger partial charge < -0.3 is 10.6 Å². The van der Waals surface area contributed by atoms with E-state index in [4.69, 9.17) is 5.26 Å². The molecule has 0 atom stereocenters. The molecule has 1 rings (SSSR count). The summed E-state index contributed by atoms with van der Waals surface area (Å²) < 4.78 is 0. The second-order valence-corrected chi connectivity index (χ2v) is 3.68. The maximum atomic E-state index is 11.6. The average molecular weight is 207 g/mol. The lowest BCUT2D eigenvalue weighted by atomic mass is 10.2. The minimum atomic E-state index is -0.259. The van der Waals surface area contributed by atoms with Crippen LogP contribution in [-0.2, 0) is 4.79 Å². The van der Waals surface area contributed by atoms with Crippen molar-refractivity contribution >= 4 is 5.91 Å². The minimum absolute atomic E-state index is 0.156. The zero-order valence-corrected chi connectivity index (χ0v) is 9.05. The highest BCUT2D eigenvalue weighted by Crippen LogP contribution is 2.17. The molecule has 4 nitrogen and oxygen atoms in total. The van der Waals surface area contributed by atoms with E-state index in [1.165, 1.54) is 19.0 Å². The first-order valence-corrected chi connectivity index (χ1v) is 5.42. The number of hydrogen-bond acceptors (Lipinski definition) is 3. The fourth-order valence-corrected chi connectivity index (χ4v) is 1.69. The molecule has 0 bridgehead atoms. The van der Waals surface area contributed by atoms with Crippen molar-refractivity contribution in [1.82, 2.24) is 10.6 Å². The Balaban J connectivity index is 2.46. The van der Waals surface area contributed by atoms with Crippen LogP contribution >= 0.6 is 0 Å². The number of amides is 1. The maximum Gasteiger partial charge on any atom is 0.263 e. The molecule has 0 saturated heterocycles. The maximum absolute atomic E-state index is 11.6. The topological polar surface area (TPSA) is 64.9 Å². The van der Waals surface area contributed by atoms with Gasteiger partial charge in [-0.05, 0) is 19.8 Å². The van der Waals surface area contributed by atoms with E-state index in [0.29, 0.717) is 6.54 Å². The number of nitrogens with zero attached hydrogens (tertiary/aromatic N) is 1. The highest BCUT2D eigenvalue weighted by molar-refractivity contribution is 5.97. The van der Waals surface area contributed by atoms with E-state index < -0.39 is 0 Å². The molecule has 0 aromatic carbocycles. The molecule has 1 aliphatic rings. The van der Waals surface area contributed by atoms with Crippen molar-refractivity contribution in [3.05, 3.63) is 11.8 Å². The van der Waals surface area contributed by atoms with Crippen LogP contribution in [0.1, 0.15) is 32.6 Å². The predicted octanol–water partition coefficient (Wildman–Crippen LogP) is 1.06. The first-order chi connectivity index (χ1) is 7.27. The fourth-order valence-electron chi connectivity index (χ4n) is 1.69. The molecule has 0 spiro atoms. The van der Waals surface area contributed by atoms with Crippen molar-refractivity contribution in [1.29, 1.82) is 5.26 Å². The largest absolute Gasteiger partial charge is 0.390 e. The molecule has 1 amide bonds. The molecular weight excluding hydrogens is 190 g/mol. The Morgan fingerprint density at radius 2 is 2.20 bits per heavy atom. The highest BCUT2D eigenvalue weighted by Gasteiger charge is 2.18. The SMILES string of the molecule is CCN/C=C(/C#N)C(=O)NC1CCCC1. The molecule has 1 aliphatic carbocycles. The van der Waals surface area contributed by atoms with Gasteiger partial charge in [0.2, 0.25) is 0 Å². The van der Waals surface area contributed by atoms with Crippen molar-refractivity contribution < 1.29 is 4.79 Å². The van der Waals surface area contributed by atoms with E-state index in [1.54, 1.807) is 0 Å². The van der Waals surface area contributed by atoms with E-state index in [-0.39, 0.29) is 17.5 Å². The summed E-state index contributed by atoms with van der Waals surface area (Å²) in [7, 11) is 0. The monoisotopic (exact) mass is 207 g/mol. The number of nitriles is 1. The zero-order chi connectivity index (χ0) is 11.1. The van der Waals surface area contributed by atoms with Crippen molar-refractivity contribution in [3.8, 4) is 6.07 Å². The number of carbonyl (C=O) groups excluding carboxylic acids is 1. The molecule has 0 aliphatic heterocycles. The van der Waals surface area contributed by atoms with Gasteiger partial charge in [-0.25, -0.2) is 0 Å². The van der Waals surface area contributed by atoms with Crippen molar-refractivity contribution in [2.45, 2.75) is 38.6 Å². The normalized spacial score (nSPS) is 17.2. The van der Waals surface area contributed by atoms with Crippen LogP contribution in [0.2, 0.25) is 0 Å². The molecule has 1 fully saturated rings. The van der Waals surface area contributed by atoms with Crippen LogP contribution in [0.3, 0.4) is 0 Å². The second kappa shape index (κ2) is 6.07. The Morgan fingerprint density at radius 1 is 1.53 bits per heavy atom. The third-order valence-electron chi connectivity index (χ3n) is 2.51. The van der Waals surface area contributed by atoms with Crippen LogP contribution in [0.25, 0.3) is 0 Å². The van der Waals surface area contributed by atoms with Gasteiger partial charge in [0.1, 0.15) is 11.6 Å². The van der Waals surface area contributed by atoms with E-state index >= 15 is 0 Å². The summed E-state index contributed by atoms with van der Waals surface area (Å²) in [5, 5.41) is 14.5. The fraction of sp³-hybridized carbons (Fsp3) is 0.636. The van der Waals surface area contributed by atoms with Crippen LogP contribution in [0.15, 0.2) is 11.8 Å². The lowest BCUT2D eigenvalue weighted by Gasteiger charge is -2.10. The van der Waals surface area contributed by atoms with E-state index in [1.807, 2.05) is 13.0 Å². The minimum Gasteiger partial charge on any atom is -0.390 e. The molecule has 82 valence electrons. The lowest BCUT2D eigenvalue weighted by Crippen LogP contribution is -2.33. The first-order valence-electron chi connectivity index (χ1n) is 5.42. The van der Waals surface area contributed by atoms with Gasteiger partial charge in [0.05, 0.1) is 0 Å². The quantitative estimate of drug-likeness (QED) is 0.535. The summed E-state index contributed by atoms with van der Waals surface area (Å²) in [6, 6.07) is 2.16. The van der Waals surface area contributed by atoms with Gasteiger partial charge in [-0.15, -0.1) is 0 Å². The first kappa shape index (κ1) is 11.6. The summed E-state index contributed by atoms with van der Waals surface area (Å²) in [4.78, 5) is 11.6. The van der Waals surface area contributed by atoms with Gasteiger partial charge in [-0.1, -0.05) is 12.8 Å². The number of carbonyl (C=O) groups is 1. The van der Waals surface area contributed by atoms with E-state index in [9.17, 15) is 4.79 Å². The Labute approximate surface area is 90.3 Å². The summed E-state index contributed by atoms with van der Waals surface area (Å²) in [6.07, 6.45) is 5.88. The summed E-state index contributed by atoms with van der Waals surface area (Å²) >= 11 is 0. The number of nitrogens with one attached hydrogen (secondary N) is 2. The molecule has 0 heterocycles. The van der Waals surface area contributed by atoms with E-state index in [0.717, 1.165) is 12.8 Å². The Kier molecular flexibility index (Phi) is 4.69. The van der Waals surface area contributed by atoms with Crippen LogP contribution < -0.4 is 10.6 Å². The van der Waals surface area contributed by atoms with Crippen molar-refractivity contribution in [2.24, 2.45) is 0 Å². The standard InChI is InChI=1S/C11H17N3O/c1-2-13-8-9(7-12)11(15)14-10-5-3-4-6-10/h8,10,13H,2-6H2,1H3,(H,14,15)/b9-8-. The zero-order valence-electron chi connectivity index (χ0n) is 9.05. The van der Waals surface area contributed by atoms with Crippen LogP contribution in [-0.4, -0.2) is 18.5 Å². The van der Waals surface area contributed by atoms with Gasteiger partial charge >= 0.3 is 0 Å². The molecule has 4 heteroatoms. The smallest absolute Gasteiger partial charge is 0.263 e. The average Bonchev–Trinajstić information content (AvgIpc) is 2.71. The van der Waals surface area contributed by atoms with Crippen LogP contribution in [0.5, 0.6) is 0 Å². The molecule has 15 heavy (non-hydrogen) atoms.